The Labute approximate surface area is 73.4 Å². The molecule has 0 heterocycles. The van der Waals surface area contributed by atoms with E-state index >= 15 is 0 Å². The summed E-state index contributed by atoms with van der Waals surface area (Å²) in [5.74, 6) is 0. The highest BCUT2D eigenvalue weighted by Gasteiger charge is 1.90. The van der Waals surface area contributed by atoms with Gasteiger partial charge in [-0.25, -0.2) is 0 Å². The van der Waals surface area contributed by atoms with Crippen LogP contribution in [0.5, 0.6) is 0 Å². The molecule has 0 amide bonds. The summed E-state index contributed by atoms with van der Waals surface area (Å²) in [5.41, 5.74) is 1.10. The van der Waals surface area contributed by atoms with E-state index < -0.39 is 0 Å². The number of rotatable bonds is 2. The molecule has 0 bridgehead atoms. The summed E-state index contributed by atoms with van der Waals surface area (Å²) in [6, 6.07) is 7.51. The molecular weight excluding hydrogens is 215 g/mol. The van der Waals surface area contributed by atoms with Crippen LogP contribution in [0.2, 0.25) is 5.02 Å². The van der Waals surface area contributed by atoms with E-state index in [1.807, 2.05) is 24.3 Å². The van der Waals surface area contributed by atoms with Crippen molar-refractivity contribution in [2.45, 2.75) is 6.61 Å². The first kappa shape index (κ1) is 8.05. The van der Waals surface area contributed by atoms with Gasteiger partial charge in [-0.1, -0.05) is 23.7 Å². The molecule has 0 aliphatic heterocycles. The minimum Gasteiger partial charge on any atom is -0.303 e. The van der Waals surface area contributed by atoms with Gasteiger partial charge in [0.2, 0.25) is 0 Å². The molecule has 3 heteroatoms. The Bertz CT molecular complexity index is 197. The van der Waals surface area contributed by atoms with Crippen LogP contribution in [0.3, 0.4) is 0 Å². The molecule has 1 aromatic carbocycles. The molecule has 0 atom stereocenters. The molecule has 0 radical (unpaired) electrons. The van der Waals surface area contributed by atoms with E-state index in [0.717, 1.165) is 10.6 Å². The van der Waals surface area contributed by atoms with Crippen LogP contribution < -0.4 is 0 Å². The fourth-order valence-electron chi connectivity index (χ4n) is 0.644. The van der Waals surface area contributed by atoms with Gasteiger partial charge in [-0.2, -0.15) is 0 Å². The Hall–Kier alpha value is -0.0500. The summed E-state index contributed by atoms with van der Waals surface area (Å²) in [4.78, 5) is 0. The van der Waals surface area contributed by atoms with Crippen molar-refractivity contribution in [3.63, 3.8) is 0 Å². The smallest absolute Gasteiger partial charge is 0.0991 e. The van der Waals surface area contributed by atoms with Crippen LogP contribution in [-0.2, 0) is 10.4 Å². The maximum absolute atomic E-state index is 5.66. The van der Waals surface area contributed by atoms with Crippen LogP contribution in [-0.4, -0.2) is 0 Å². The van der Waals surface area contributed by atoms with E-state index in [9.17, 15) is 0 Å². The molecule has 0 aliphatic rings. The monoisotopic (exact) mass is 220 g/mol. The number of hydrogen-bond donors (Lipinski definition) is 0. The van der Waals surface area contributed by atoms with Crippen LogP contribution >= 0.6 is 27.9 Å². The maximum atomic E-state index is 5.66. The molecule has 0 aliphatic carbocycles. The minimum atomic E-state index is 0.567. The number of hydrogen-bond acceptors (Lipinski definition) is 1. The molecule has 10 heavy (non-hydrogen) atoms. The second kappa shape index (κ2) is 3.96. The lowest BCUT2D eigenvalue weighted by molar-refractivity contribution is 0.387. The third-order valence-corrected chi connectivity index (χ3v) is 1.62. The topological polar surface area (TPSA) is 9.23 Å². The quantitative estimate of drug-likeness (QED) is 0.745. The van der Waals surface area contributed by atoms with E-state index in [1.165, 1.54) is 0 Å². The van der Waals surface area contributed by atoms with Gasteiger partial charge in [-0.05, 0) is 17.7 Å². The van der Waals surface area contributed by atoms with Gasteiger partial charge in [0.15, 0.2) is 0 Å². The molecule has 0 fully saturated rings. The fraction of sp³-hybridized carbons (Fsp3) is 0.143. The third-order valence-electron chi connectivity index (χ3n) is 1.13. The van der Waals surface area contributed by atoms with Gasteiger partial charge in [0.1, 0.15) is 0 Å². The Kier molecular flexibility index (Phi) is 3.19. The van der Waals surface area contributed by atoms with Crippen molar-refractivity contribution in [3.05, 3.63) is 34.9 Å². The van der Waals surface area contributed by atoms with Crippen molar-refractivity contribution < 1.29 is 3.83 Å². The summed E-state index contributed by atoms with van der Waals surface area (Å²) in [7, 11) is 0. The number of benzene rings is 1. The predicted octanol–water partition coefficient (Wildman–Crippen LogP) is 3.17. The first-order valence-corrected chi connectivity index (χ1v) is 3.83. The summed E-state index contributed by atoms with van der Waals surface area (Å²) < 4.78 is 4.74. The fourth-order valence-corrected chi connectivity index (χ4v) is 1.03. The van der Waals surface area contributed by atoms with Crippen molar-refractivity contribution in [2.24, 2.45) is 0 Å². The summed E-state index contributed by atoms with van der Waals surface area (Å²) in [5, 5.41) is 0.748. The normalized spacial score (nSPS) is 9.80. The SMILES string of the molecule is Clc1ccc(COBr)cc1. The van der Waals surface area contributed by atoms with Gasteiger partial charge in [-0.15, -0.1) is 0 Å². The Morgan fingerprint density at radius 3 is 2.40 bits per heavy atom. The maximum Gasteiger partial charge on any atom is 0.0991 e. The molecule has 0 spiro atoms. The molecule has 0 N–H and O–H groups in total. The van der Waals surface area contributed by atoms with E-state index in [2.05, 4.69) is 16.3 Å². The first-order valence-electron chi connectivity index (χ1n) is 2.81. The lowest BCUT2D eigenvalue weighted by atomic mass is 10.2. The van der Waals surface area contributed by atoms with Gasteiger partial charge < -0.3 is 3.83 Å². The molecule has 1 rings (SSSR count). The Morgan fingerprint density at radius 1 is 1.30 bits per heavy atom. The summed E-state index contributed by atoms with van der Waals surface area (Å²) >= 11 is 8.53. The molecular formula is C7H6BrClO. The van der Waals surface area contributed by atoms with Crippen molar-refractivity contribution in [3.8, 4) is 0 Å². The predicted molar refractivity (Wildman–Crippen MR) is 45.2 cm³/mol. The zero-order valence-corrected chi connectivity index (χ0v) is 7.52. The van der Waals surface area contributed by atoms with E-state index in [-0.39, 0.29) is 0 Å². The average molecular weight is 221 g/mol. The molecule has 1 aromatic rings. The average Bonchev–Trinajstić information content (AvgIpc) is 1.95. The van der Waals surface area contributed by atoms with Crippen LogP contribution in [0, 0.1) is 0 Å². The van der Waals surface area contributed by atoms with Gasteiger partial charge in [0, 0.05) is 5.02 Å². The highest BCUT2D eigenvalue weighted by atomic mass is 79.9. The largest absolute Gasteiger partial charge is 0.303 e. The van der Waals surface area contributed by atoms with Crippen molar-refractivity contribution in [1.29, 1.82) is 0 Å². The zero-order chi connectivity index (χ0) is 7.40. The van der Waals surface area contributed by atoms with Gasteiger partial charge in [0.25, 0.3) is 0 Å². The zero-order valence-electron chi connectivity index (χ0n) is 5.18. The number of halogens is 2. The third kappa shape index (κ3) is 2.29. The van der Waals surface area contributed by atoms with E-state index in [0.29, 0.717) is 6.61 Å². The lowest BCUT2D eigenvalue weighted by Gasteiger charge is -1.95. The van der Waals surface area contributed by atoms with Gasteiger partial charge in [0.05, 0.1) is 22.9 Å². The summed E-state index contributed by atoms with van der Waals surface area (Å²) in [6.07, 6.45) is 0. The standard InChI is InChI=1S/C7H6BrClO/c8-10-5-6-1-3-7(9)4-2-6/h1-4H,5H2. The van der Waals surface area contributed by atoms with Crippen LogP contribution in [0.25, 0.3) is 0 Å². The highest BCUT2D eigenvalue weighted by Crippen LogP contribution is 2.10. The molecule has 1 nitrogen and oxygen atoms in total. The van der Waals surface area contributed by atoms with Gasteiger partial charge in [-0.3, -0.25) is 0 Å². The van der Waals surface area contributed by atoms with Gasteiger partial charge >= 0.3 is 0 Å². The molecule has 0 aromatic heterocycles. The van der Waals surface area contributed by atoms with E-state index in [4.69, 9.17) is 15.4 Å². The van der Waals surface area contributed by atoms with Crippen LogP contribution in [0.1, 0.15) is 5.56 Å². The molecule has 0 unspecified atom stereocenters. The summed E-state index contributed by atoms with van der Waals surface area (Å²) in [6.45, 7) is 0.567. The second-order valence-corrected chi connectivity index (χ2v) is 2.77. The van der Waals surface area contributed by atoms with Crippen molar-refractivity contribution in [2.75, 3.05) is 0 Å². The van der Waals surface area contributed by atoms with Crippen LogP contribution in [0.4, 0.5) is 0 Å². The molecule has 0 saturated carbocycles. The second-order valence-electron chi connectivity index (χ2n) is 1.88. The Balaban J connectivity index is 2.69. The molecule has 0 saturated heterocycles. The van der Waals surface area contributed by atoms with E-state index in [1.54, 1.807) is 0 Å². The molecule has 54 valence electrons. The minimum absolute atomic E-state index is 0.567. The highest BCUT2D eigenvalue weighted by molar-refractivity contribution is 9.06. The first-order chi connectivity index (χ1) is 4.83. The van der Waals surface area contributed by atoms with Crippen molar-refractivity contribution in [1.82, 2.24) is 0 Å². The van der Waals surface area contributed by atoms with Crippen molar-refractivity contribution >= 4 is 27.9 Å². The lowest BCUT2D eigenvalue weighted by Crippen LogP contribution is -1.80. The Morgan fingerprint density at radius 2 is 1.90 bits per heavy atom. The van der Waals surface area contributed by atoms with Crippen LogP contribution in [0.15, 0.2) is 24.3 Å².